The molecule has 2 rings (SSSR count). The summed E-state index contributed by atoms with van der Waals surface area (Å²) >= 11 is 9.67. The zero-order valence-electron chi connectivity index (χ0n) is 10.9. The second-order valence-corrected chi connectivity index (χ2v) is 6.64. The van der Waals surface area contributed by atoms with Crippen LogP contribution < -0.4 is 5.32 Å². The highest BCUT2D eigenvalue weighted by Gasteiger charge is 2.23. The van der Waals surface area contributed by atoms with Gasteiger partial charge in [0.05, 0.1) is 6.42 Å². The predicted molar refractivity (Wildman–Crippen MR) is 82.5 cm³/mol. The number of nitrogens with one attached hydrogen (secondary N) is 1. The van der Waals surface area contributed by atoms with Gasteiger partial charge in [0.1, 0.15) is 0 Å². The number of carbonyl (C=O) groups excluding carboxylic acids is 1. The summed E-state index contributed by atoms with van der Waals surface area (Å²) < 4.78 is 1.03. The molecule has 0 aliphatic heterocycles. The van der Waals surface area contributed by atoms with Crippen molar-refractivity contribution in [3.8, 4) is 0 Å². The van der Waals surface area contributed by atoms with Crippen LogP contribution in [0.1, 0.15) is 31.2 Å². The molecule has 1 aromatic carbocycles. The fourth-order valence-electron chi connectivity index (χ4n) is 2.49. The van der Waals surface area contributed by atoms with E-state index < -0.39 is 0 Å². The van der Waals surface area contributed by atoms with Gasteiger partial charge < -0.3 is 5.32 Å². The Balaban J connectivity index is 1.76. The quantitative estimate of drug-likeness (QED) is 0.825. The minimum Gasteiger partial charge on any atom is -0.355 e. The summed E-state index contributed by atoms with van der Waals surface area (Å²) in [4.78, 5) is 11.9. The zero-order valence-corrected chi connectivity index (χ0v) is 13.2. The molecule has 2 atom stereocenters. The number of rotatable bonds is 4. The van der Waals surface area contributed by atoms with Gasteiger partial charge in [-0.3, -0.25) is 4.79 Å². The molecule has 2 nitrogen and oxygen atoms in total. The molecule has 1 saturated carbocycles. The van der Waals surface area contributed by atoms with Crippen molar-refractivity contribution < 1.29 is 4.79 Å². The lowest BCUT2D eigenvalue weighted by atomic mass is 9.88. The van der Waals surface area contributed by atoms with Crippen LogP contribution in [0.4, 0.5) is 0 Å². The molecule has 1 N–H and O–H groups in total. The molecule has 1 amide bonds. The third-order valence-electron chi connectivity index (χ3n) is 3.66. The number of alkyl halides is 1. The van der Waals surface area contributed by atoms with E-state index in [4.69, 9.17) is 11.6 Å². The molecular formula is C15H19BrClNO. The van der Waals surface area contributed by atoms with Gasteiger partial charge in [-0.2, -0.15) is 0 Å². The van der Waals surface area contributed by atoms with Gasteiger partial charge in [-0.15, -0.1) is 11.6 Å². The minimum atomic E-state index is 0.0803. The van der Waals surface area contributed by atoms with Gasteiger partial charge in [0.2, 0.25) is 5.91 Å². The van der Waals surface area contributed by atoms with E-state index in [1.165, 1.54) is 12.8 Å². The number of benzene rings is 1. The first kappa shape index (κ1) is 14.9. The Bertz CT molecular complexity index is 421. The van der Waals surface area contributed by atoms with Crippen LogP contribution in [0.2, 0.25) is 0 Å². The van der Waals surface area contributed by atoms with Crippen LogP contribution in [0.15, 0.2) is 28.7 Å². The Labute approximate surface area is 128 Å². The molecule has 2 unspecified atom stereocenters. The van der Waals surface area contributed by atoms with Crippen molar-refractivity contribution in [2.75, 3.05) is 6.54 Å². The molecule has 19 heavy (non-hydrogen) atoms. The molecule has 0 radical (unpaired) electrons. The molecule has 1 aliphatic carbocycles. The molecule has 0 spiro atoms. The van der Waals surface area contributed by atoms with E-state index in [0.29, 0.717) is 18.9 Å². The number of halogens is 2. The van der Waals surface area contributed by atoms with Gasteiger partial charge in [0.25, 0.3) is 0 Å². The lowest BCUT2D eigenvalue weighted by Crippen LogP contribution is -2.35. The summed E-state index contributed by atoms with van der Waals surface area (Å²) in [6, 6.07) is 7.85. The van der Waals surface area contributed by atoms with Gasteiger partial charge >= 0.3 is 0 Å². The summed E-state index contributed by atoms with van der Waals surface area (Å²) in [6.45, 7) is 0.712. The molecule has 104 valence electrons. The van der Waals surface area contributed by atoms with E-state index in [1.807, 2.05) is 24.3 Å². The Morgan fingerprint density at radius 1 is 1.26 bits per heavy atom. The average Bonchev–Trinajstić information content (AvgIpc) is 2.40. The topological polar surface area (TPSA) is 29.1 Å². The molecule has 0 aromatic heterocycles. The summed E-state index contributed by atoms with van der Waals surface area (Å²) in [5.74, 6) is 0.515. The van der Waals surface area contributed by atoms with Crippen molar-refractivity contribution in [2.24, 2.45) is 5.92 Å². The van der Waals surface area contributed by atoms with Crippen molar-refractivity contribution in [1.82, 2.24) is 5.32 Å². The first-order chi connectivity index (χ1) is 9.15. The number of hydrogen-bond acceptors (Lipinski definition) is 1. The van der Waals surface area contributed by atoms with E-state index >= 15 is 0 Å². The second-order valence-electron chi connectivity index (χ2n) is 5.17. The highest BCUT2D eigenvalue weighted by Crippen LogP contribution is 2.27. The second kappa shape index (κ2) is 7.30. The van der Waals surface area contributed by atoms with Crippen molar-refractivity contribution in [1.29, 1.82) is 0 Å². The van der Waals surface area contributed by atoms with Crippen molar-refractivity contribution in [3.63, 3.8) is 0 Å². The first-order valence-electron chi connectivity index (χ1n) is 6.80. The molecule has 1 aliphatic rings. The Morgan fingerprint density at radius 3 is 2.63 bits per heavy atom. The lowest BCUT2D eigenvalue weighted by Gasteiger charge is -2.27. The maximum Gasteiger partial charge on any atom is 0.224 e. The van der Waals surface area contributed by atoms with Crippen LogP contribution in [0, 0.1) is 5.92 Å². The number of hydrogen-bond donors (Lipinski definition) is 1. The fraction of sp³-hybridized carbons (Fsp3) is 0.533. The Kier molecular flexibility index (Phi) is 5.71. The molecule has 0 saturated heterocycles. The highest BCUT2D eigenvalue weighted by molar-refractivity contribution is 9.10. The summed E-state index contributed by atoms with van der Waals surface area (Å²) in [7, 11) is 0. The standard InChI is InChI=1S/C15H19BrClNO/c16-13-7-5-11(6-8-13)9-15(19)18-10-12-3-1-2-4-14(12)17/h5-8,12,14H,1-4,9-10H2,(H,18,19). The third kappa shape index (κ3) is 4.81. The largest absolute Gasteiger partial charge is 0.355 e. The van der Waals surface area contributed by atoms with E-state index in [0.717, 1.165) is 22.9 Å². The van der Waals surface area contributed by atoms with Gasteiger partial charge in [-0.05, 0) is 36.5 Å². The van der Waals surface area contributed by atoms with Crippen LogP contribution >= 0.6 is 27.5 Å². The van der Waals surface area contributed by atoms with E-state index in [2.05, 4.69) is 21.2 Å². The van der Waals surface area contributed by atoms with Crippen molar-refractivity contribution >= 4 is 33.4 Å². The molecular weight excluding hydrogens is 326 g/mol. The van der Waals surface area contributed by atoms with Gasteiger partial charge in [0, 0.05) is 16.4 Å². The molecule has 0 bridgehead atoms. The molecule has 0 heterocycles. The van der Waals surface area contributed by atoms with Crippen LogP contribution in [0.5, 0.6) is 0 Å². The summed E-state index contributed by atoms with van der Waals surface area (Å²) in [6.07, 6.45) is 5.10. The third-order valence-corrected chi connectivity index (χ3v) is 4.76. The highest BCUT2D eigenvalue weighted by atomic mass is 79.9. The SMILES string of the molecule is O=C(Cc1ccc(Br)cc1)NCC1CCCCC1Cl. The van der Waals surface area contributed by atoms with Crippen molar-refractivity contribution in [3.05, 3.63) is 34.3 Å². The minimum absolute atomic E-state index is 0.0803. The van der Waals surface area contributed by atoms with Crippen LogP contribution in [0.25, 0.3) is 0 Å². The van der Waals surface area contributed by atoms with Crippen molar-refractivity contribution in [2.45, 2.75) is 37.5 Å². The normalized spacial score (nSPS) is 23.1. The van der Waals surface area contributed by atoms with Gasteiger partial charge in [-0.25, -0.2) is 0 Å². The Morgan fingerprint density at radius 2 is 1.95 bits per heavy atom. The average molecular weight is 345 g/mol. The first-order valence-corrected chi connectivity index (χ1v) is 8.03. The Hall–Kier alpha value is -0.540. The number of carbonyl (C=O) groups is 1. The van der Waals surface area contributed by atoms with E-state index in [9.17, 15) is 4.79 Å². The maximum atomic E-state index is 11.9. The smallest absolute Gasteiger partial charge is 0.224 e. The molecule has 1 aromatic rings. The van der Waals surface area contributed by atoms with Crippen LogP contribution in [-0.4, -0.2) is 17.8 Å². The lowest BCUT2D eigenvalue weighted by molar-refractivity contribution is -0.120. The van der Waals surface area contributed by atoms with Crippen LogP contribution in [0.3, 0.4) is 0 Å². The maximum absolute atomic E-state index is 11.9. The van der Waals surface area contributed by atoms with E-state index in [-0.39, 0.29) is 11.3 Å². The fourth-order valence-corrected chi connectivity index (χ4v) is 3.12. The summed E-state index contributed by atoms with van der Waals surface area (Å²) in [5.41, 5.74) is 1.03. The number of amides is 1. The molecule has 4 heteroatoms. The van der Waals surface area contributed by atoms with E-state index in [1.54, 1.807) is 0 Å². The van der Waals surface area contributed by atoms with Gasteiger partial charge in [-0.1, -0.05) is 40.9 Å². The molecule has 1 fully saturated rings. The summed E-state index contributed by atoms with van der Waals surface area (Å²) in [5, 5.41) is 3.23. The van der Waals surface area contributed by atoms with Gasteiger partial charge in [0.15, 0.2) is 0 Å². The monoisotopic (exact) mass is 343 g/mol. The predicted octanol–water partition coefficient (Wildman–Crippen LogP) is 3.91. The zero-order chi connectivity index (χ0) is 13.7. The van der Waals surface area contributed by atoms with Crippen LogP contribution in [-0.2, 0) is 11.2 Å².